The Balaban J connectivity index is 0.000000226. The van der Waals surface area contributed by atoms with Crippen molar-refractivity contribution in [3.05, 3.63) is 149 Å². The maximum Gasteiger partial charge on any atom is 0.472 e. The van der Waals surface area contributed by atoms with Crippen LogP contribution in [0.15, 0.2) is 115 Å². The quantitative estimate of drug-likeness (QED) is 0.0977. The van der Waals surface area contributed by atoms with E-state index >= 15 is 0 Å². The second-order valence-corrected chi connectivity index (χ2v) is 13.2. The predicted molar refractivity (Wildman–Crippen MR) is 195 cm³/mol. The van der Waals surface area contributed by atoms with Gasteiger partial charge in [0.1, 0.15) is 6.61 Å². The molecule has 1 unspecified atom stereocenters. The number of rotatable bonds is 14. The lowest BCUT2D eigenvalue weighted by molar-refractivity contribution is 0.137. The molecule has 11 heteroatoms. The Morgan fingerprint density at radius 1 is 0.667 bits per heavy atom. The molecule has 1 atom stereocenters. The summed E-state index contributed by atoms with van der Waals surface area (Å²) in [6, 6.07) is 36.1. The van der Waals surface area contributed by atoms with Gasteiger partial charge >= 0.3 is 7.82 Å². The van der Waals surface area contributed by atoms with E-state index in [0.717, 1.165) is 40.8 Å². The van der Waals surface area contributed by atoms with Crippen molar-refractivity contribution in [2.75, 3.05) is 27.9 Å². The number of aromatic hydroxyl groups is 1. The molecule has 1 aliphatic heterocycles. The molecule has 0 radical (unpaired) electrons. The van der Waals surface area contributed by atoms with Gasteiger partial charge < -0.3 is 34.3 Å². The van der Waals surface area contributed by atoms with Gasteiger partial charge in [-0.1, -0.05) is 91.0 Å². The molecule has 0 aromatic heterocycles. The van der Waals surface area contributed by atoms with Gasteiger partial charge in [-0.3, -0.25) is 9.05 Å². The van der Waals surface area contributed by atoms with Crippen molar-refractivity contribution in [3.8, 4) is 28.7 Å². The molecule has 0 aliphatic carbocycles. The summed E-state index contributed by atoms with van der Waals surface area (Å²) >= 11 is 0. The van der Waals surface area contributed by atoms with Gasteiger partial charge in [0.05, 0.1) is 34.5 Å². The topological polar surface area (TPSA) is 125 Å². The molecule has 1 aliphatic rings. The van der Waals surface area contributed by atoms with E-state index in [1.165, 1.54) is 5.56 Å². The van der Waals surface area contributed by atoms with Gasteiger partial charge in [-0.25, -0.2) is 4.57 Å². The number of fused-ring (bicyclic) bond motifs is 1. The van der Waals surface area contributed by atoms with E-state index < -0.39 is 7.82 Å². The van der Waals surface area contributed by atoms with Crippen LogP contribution in [0.1, 0.15) is 39.4 Å². The molecule has 51 heavy (non-hydrogen) atoms. The summed E-state index contributed by atoms with van der Waals surface area (Å²) in [5.74, 6) is 2.50. The number of benzene rings is 5. The second-order valence-electron chi connectivity index (χ2n) is 11.8. The third-order valence-electron chi connectivity index (χ3n) is 8.26. The Labute approximate surface area is 299 Å². The standard InChI is InChI=1S/C26H29NO5.C14H15O4P/c1-29-24-12-18(13-25(30-2)26(24)31-3)11-21-20-15-22(28)23(14-19(20)9-10-27-21)32-16-17-7-5-4-6-8-17;15-19(16,17-11-13-7-3-1-4-8-13)18-12-14-9-5-2-6-10-14/h4-8,12-15,21,27-28H,9-11,16H2,1-3H3;1-10H,11-12H2,(H,15,16). The summed E-state index contributed by atoms with van der Waals surface area (Å²) < 4.78 is 43.9. The molecule has 0 saturated carbocycles. The van der Waals surface area contributed by atoms with Crippen LogP contribution < -0.4 is 24.3 Å². The van der Waals surface area contributed by atoms with Crippen LogP contribution in [0, 0.1) is 0 Å². The lowest BCUT2D eigenvalue weighted by Crippen LogP contribution is -2.31. The zero-order valence-electron chi connectivity index (χ0n) is 29.0. The van der Waals surface area contributed by atoms with Crippen molar-refractivity contribution >= 4 is 7.82 Å². The summed E-state index contributed by atoms with van der Waals surface area (Å²) in [4.78, 5) is 9.55. The molecule has 5 aromatic carbocycles. The first-order valence-electron chi connectivity index (χ1n) is 16.5. The lowest BCUT2D eigenvalue weighted by Gasteiger charge is -2.28. The van der Waals surface area contributed by atoms with Crippen molar-refractivity contribution in [1.29, 1.82) is 0 Å². The third kappa shape index (κ3) is 10.8. The van der Waals surface area contributed by atoms with Crippen LogP contribution in [-0.2, 0) is 46.3 Å². The molecule has 0 spiro atoms. The number of phosphoric acid groups is 1. The Hall–Kier alpha value is -4.83. The fourth-order valence-electron chi connectivity index (χ4n) is 5.68. The van der Waals surface area contributed by atoms with Crippen LogP contribution in [0.4, 0.5) is 0 Å². The molecule has 3 N–H and O–H groups in total. The fourth-order valence-corrected chi connectivity index (χ4v) is 6.38. The molecule has 1 heterocycles. The second kappa shape index (κ2) is 18.4. The van der Waals surface area contributed by atoms with E-state index in [1.807, 2.05) is 115 Å². The molecule has 0 saturated heterocycles. The number of phenolic OH excluding ortho intramolecular Hbond substituents is 1. The van der Waals surface area contributed by atoms with Crippen molar-refractivity contribution in [1.82, 2.24) is 5.32 Å². The minimum atomic E-state index is -4.02. The SMILES string of the molecule is COc1cc(CC2NCCc3cc(OCc4ccccc4)c(O)cc32)cc(OC)c1OC.O=P(O)(OCc1ccccc1)OCc1ccccc1. The Bertz CT molecular complexity index is 1800. The minimum absolute atomic E-state index is 0.0450. The monoisotopic (exact) mass is 713 g/mol. The van der Waals surface area contributed by atoms with Gasteiger partial charge in [0.2, 0.25) is 5.75 Å². The highest BCUT2D eigenvalue weighted by Crippen LogP contribution is 2.45. The zero-order valence-corrected chi connectivity index (χ0v) is 29.9. The van der Waals surface area contributed by atoms with Crippen LogP contribution in [0.25, 0.3) is 0 Å². The molecule has 268 valence electrons. The number of phosphoric ester groups is 1. The predicted octanol–water partition coefficient (Wildman–Crippen LogP) is 7.95. The summed E-state index contributed by atoms with van der Waals surface area (Å²) in [7, 11) is 0.804. The maximum atomic E-state index is 11.7. The van der Waals surface area contributed by atoms with E-state index in [-0.39, 0.29) is 25.0 Å². The van der Waals surface area contributed by atoms with Gasteiger partial charge in [-0.05, 0) is 77.0 Å². The minimum Gasteiger partial charge on any atom is -0.504 e. The Kier molecular flexibility index (Phi) is 13.5. The number of ether oxygens (including phenoxy) is 4. The zero-order chi connectivity index (χ0) is 36.1. The first-order chi connectivity index (χ1) is 24.8. The van der Waals surface area contributed by atoms with E-state index in [9.17, 15) is 14.6 Å². The largest absolute Gasteiger partial charge is 0.504 e. The van der Waals surface area contributed by atoms with Gasteiger partial charge in [-0.2, -0.15) is 0 Å². The van der Waals surface area contributed by atoms with Gasteiger partial charge in [-0.15, -0.1) is 0 Å². The highest BCUT2D eigenvalue weighted by Gasteiger charge is 2.24. The normalized spacial score (nSPS) is 13.7. The first-order valence-corrected chi connectivity index (χ1v) is 18.0. The average Bonchev–Trinajstić information content (AvgIpc) is 3.17. The summed E-state index contributed by atoms with van der Waals surface area (Å²) in [5, 5.41) is 14.2. The van der Waals surface area contributed by atoms with E-state index in [4.69, 9.17) is 28.0 Å². The molecule has 0 amide bonds. The van der Waals surface area contributed by atoms with Gasteiger partial charge in [0.25, 0.3) is 0 Å². The lowest BCUT2D eigenvalue weighted by atomic mass is 9.89. The van der Waals surface area contributed by atoms with Crippen molar-refractivity contribution in [2.24, 2.45) is 0 Å². The molecule has 6 rings (SSSR count). The van der Waals surface area contributed by atoms with E-state index in [0.29, 0.717) is 36.0 Å². The smallest absolute Gasteiger partial charge is 0.472 e. The number of nitrogens with one attached hydrogen (secondary N) is 1. The average molecular weight is 714 g/mol. The van der Waals surface area contributed by atoms with E-state index in [1.54, 1.807) is 21.3 Å². The maximum absolute atomic E-state index is 11.7. The van der Waals surface area contributed by atoms with Crippen molar-refractivity contribution < 1.29 is 42.6 Å². The summed E-state index contributed by atoms with van der Waals surface area (Å²) in [5.41, 5.74) is 6.01. The van der Waals surface area contributed by atoms with Crippen LogP contribution in [0.2, 0.25) is 0 Å². The Morgan fingerprint density at radius 2 is 1.18 bits per heavy atom. The Morgan fingerprint density at radius 3 is 1.67 bits per heavy atom. The van der Waals surface area contributed by atoms with Gasteiger partial charge in [0, 0.05) is 6.04 Å². The first kappa shape index (κ1) is 37.4. The summed E-state index contributed by atoms with van der Waals surface area (Å²) in [6.07, 6.45) is 1.59. The number of methoxy groups -OCH3 is 3. The van der Waals surface area contributed by atoms with Crippen LogP contribution in [0.3, 0.4) is 0 Å². The van der Waals surface area contributed by atoms with E-state index in [2.05, 4.69) is 5.32 Å². The molecule has 5 aromatic rings. The summed E-state index contributed by atoms with van der Waals surface area (Å²) in [6.45, 7) is 1.36. The highest BCUT2D eigenvalue weighted by molar-refractivity contribution is 7.47. The molecule has 0 fully saturated rings. The van der Waals surface area contributed by atoms with Crippen LogP contribution >= 0.6 is 7.82 Å². The highest BCUT2D eigenvalue weighted by atomic mass is 31.2. The molecule has 10 nitrogen and oxygen atoms in total. The molecular formula is C40H44NO9P. The van der Waals surface area contributed by atoms with Gasteiger partial charge in [0.15, 0.2) is 23.0 Å². The number of hydrogen-bond donors (Lipinski definition) is 3. The van der Waals surface area contributed by atoms with Crippen LogP contribution in [-0.4, -0.2) is 37.9 Å². The fraction of sp³-hybridized carbons (Fsp3) is 0.250. The van der Waals surface area contributed by atoms with Crippen molar-refractivity contribution in [2.45, 2.75) is 38.7 Å². The number of hydrogen-bond acceptors (Lipinski definition) is 9. The van der Waals surface area contributed by atoms with Crippen LogP contribution in [0.5, 0.6) is 28.7 Å². The van der Waals surface area contributed by atoms with Crippen molar-refractivity contribution in [3.63, 3.8) is 0 Å². The number of phenols is 1. The molecular weight excluding hydrogens is 669 g/mol. The molecule has 0 bridgehead atoms. The third-order valence-corrected chi connectivity index (χ3v) is 9.17.